The number of nitrogens with one attached hydrogen (secondary N) is 3. The van der Waals surface area contributed by atoms with Crippen LogP contribution in [0.2, 0.25) is 0 Å². The maximum Gasteiger partial charge on any atom is 0.356 e. The van der Waals surface area contributed by atoms with E-state index in [9.17, 15) is 56.8 Å². The predicted octanol–water partition coefficient (Wildman–Crippen LogP) is 14.2. The van der Waals surface area contributed by atoms with E-state index in [4.69, 9.17) is 65.1 Å². The number of rotatable bonds is 45. The van der Waals surface area contributed by atoms with Gasteiger partial charge in [0.25, 0.3) is 16.7 Å². The number of hydrogen-bond donors (Lipinski definition) is 6. The van der Waals surface area contributed by atoms with E-state index < -0.39 is 39.5 Å². The monoisotopic (exact) mass is 1950 g/mol. The van der Waals surface area contributed by atoms with E-state index in [2.05, 4.69) is 49.7 Å². The van der Waals surface area contributed by atoms with Crippen molar-refractivity contribution in [2.45, 2.75) is 54.3 Å². The Balaban J connectivity index is 0.000000203. The summed E-state index contributed by atoms with van der Waals surface area (Å²) in [4.78, 5) is 146. The van der Waals surface area contributed by atoms with Crippen LogP contribution in [0.3, 0.4) is 0 Å². The highest BCUT2D eigenvalue weighted by Gasteiger charge is 2.30. The molecule has 0 radical (unpaired) electrons. The van der Waals surface area contributed by atoms with E-state index in [1.807, 2.05) is 95.3 Å². The number of aryl methyl sites for hydroxylation is 5. The standard InChI is InChI=1S/C28H29N6O7PS2.2C28H32N5O7PS2/c1-19-3-5-20(6-4-19)26(36)43-15-13-40-42(38,41-14-16-44-27(37)21-7-9-22(30-2)10-8-21)18-39-12-11-34-17-31-23-24(34)32-28(29)33-25(23)35;2*1-19-3-7-21(8-4-19)26(35)42-15-13-39-41(37,40-14-16-43-27(36)22-9-5-20(2)6-10-22)18-38-12-11-33-17-30-23-24(33)31-28(29)32-25(23)34/h3-10,17H,11-16,18H2,1H3,(H3,29,32,33,35);2*3-10,17H,11-16,18H2,1-2H3,(H3,29,31,32,34). The predicted molar refractivity (Wildman–Crippen MR) is 508 cm³/mol. The zero-order chi connectivity index (χ0) is 93.2. The highest BCUT2D eigenvalue weighted by molar-refractivity contribution is 8.15. The number of aromatic amines is 3. The van der Waals surface area contributed by atoms with Crippen LogP contribution in [0.25, 0.3) is 38.3 Å². The van der Waals surface area contributed by atoms with Gasteiger partial charge >= 0.3 is 22.8 Å². The number of nitrogens with zero attached hydrogens (tertiary/aromatic N) is 10. The minimum absolute atomic E-state index is 0.0174. The van der Waals surface area contributed by atoms with Crippen molar-refractivity contribution in [2.24, 2.45) is 0 Å². The first-order chi connectivity index (χ1) is 62.4. The van der Waals surface area contributed by atoms with Crippen molar-refractivity contribution in [3.8, 4) is 0 Å². The van der Waals surface area contributed by atoms with E-state index >= 15 is 0 Å². The molecular formula is C84H93N16O21P3S6. The molecule has 0 aliphatic rings. The lowest BCUT2D eigenvalue weighted by Gasteiger charge is -2.18. The number of imidazole rings is 3. The number of anilines is 3. The first-order valence-corrected chi connectivity index (χ1v) is 50.9. The second-order valence-electron chi connectivity index (χ2n) is 27.9. The molecule has 0 saturated heterocycles. The molecule has 0 fully saturated rings. The number of H-pyrrole nitrogens is 3. The summed E-state index contributed by atoms with van der Waals surface area (Å²) < 4.78 is 96.0. The van der Waals surface area contributed by atoms with Gasteiger partial charge in [0, 0.05) is 87.5 Å². The number of carbonyl (C=O) groups excluding carboxylic acids is 6. The summed E-state index contributed by atoms with van der Waals surface area (Å²) in [6.07, 6.45) is 3.20. The molecule has 46 heteroatoms. The van der Waals surface area contributed by atoms with Gasteiger partial charge in [0.05, 0.1) is 85.0 Å². The van der Waals surface area contributed by atoms with Crippen molar-refractivity contribution in [3.05, 3.63) is 268 Å². The fourth-order valence-corrected chi connectivity index (χ4v) is 19.9. The van der Waals surface area contributed by atoms with Crippen LogP contribution < -0.4 is 33.9 Å². The van der Waals surface area contributed by atoms with Crippen LogP contribution in [-0.2, 0) is 74.7 Å². The highest BCUT2D eigenvalue weighted by Crippen LogP contribution is 2.50. The number of hydrogen-bond acceptors (Lipinski definition) is 36. The van der Waals surface area contributed by atoms with Crippen LogP contribution >= 0.6 is 93.4 Å². The summed E-state index contributed by atoms with van der Waals surface area (Å²) in [5.74, 6) is 1.32. The van der Waals surface area contributed by atoms with Gasteiger partial charge in [-0.3, -0.25) is 71.8 Å². The fourth-order valence-electron chi connectivity index (χ4n) is 11.2. The molecule has 12 aromatic rings. The van der Waals surface area contributed by atoms with Crippen molar-refractivity contribution < 1.29 is 83.8 Å². The van der Waals surface area contributed by atoms with Crippen molar-refractivity contribution in [1.82, 2.24) is 58.6 Å². The zero-order valence-corrected chi connectivity index (χ0v) is 78.6. The number of aromatic nitrogens is 12. The van der Waals surface area contributed by atoms with E-state index in [0.717, 1.165) is 98.4 Å². The van der Waals surface area contributed by atoms with Crippen molar-refractivity contribution >= 4 is 181 Å². The van der Waals surface area contributed by atoms with Gasteiger partial charge in [0.1, 0.15) is 19.0 Å². The fraction of sp³-hybridized carbons (Fsp3) is 0.310. The van der Waals surface area contributed by atoms with Gasteiger partial charge in [0.15, 0.2) is 39.2 Å². The van der Waals surface area contributed by atoms with Gasteiger partial charge in [-0.15, -0.1) is 0 Å². The molecule has 37 nitrogen and oxygen atoms in total. The summed E-state index contributed by atoms with van der Waals surface area (Å²) in [5.41, 5.74) is 25.8. The molecule has 0 bridgehead atoms. The molecule has 12 rings (SSSR count). The summed E-state index contributed by atoms with van der Waals surface area (Å²) in [5, 5.41) is -0.849. The molecule has 686 valence electrons. The number of nitrogens with two attached hydrogens (primary N) is 3. The third-order valence-corrected chi connectivity index (χ3v) is 28.1. The van der Waals surface area contributed by atoms with E-state index in [1.165, 1.54) is 19.0 Å². The largest absolute Gasteiger partial charge is 0.369 e. The number of carbonyl (C=O) groups is 6. The first-order valence-electron chi connectivity index (χ1n) is 39.8. The van der Waals surface area contributed by atoms with Gasteiger partial charge in [-0.25, -0.2) is 19.8 Å². The molecule has 1 unspecified atom stereocenters. The highest BCUT2D eigenvalue weighted by atomic mass is 32.2. The lowest BCUT2D eigenvalue weighted by atomic mass is 10.2. The first kappa shape index (κ1) is 102. The molecule has 9 N–H and O–H groups in total. The summed E-state index contributed by atoms with van der Waals surface area (Å²) in [6, 6.07) is 42.4. The van der Waals surface area contributed by atoms with Crippen LogP contribution in [0.1, 0.15) is 90.0 Å². The van der Waals surface area contributed by atoms with Gasteiger partial charge in [0.2, 0.25) is 48.5 Å². The topological polar surface area (TPSA) is 510 Å². The number of benzene rings is 6. The smallest absolute Gasteiger partial charge is 0.356 e. The molecule has 1 atom stereocenters. The minimum atomic E-state index is -3.79. The molecule has 6 aromatic carbocycles. The maximum atomic E-state index is 13.5. The normalized spacial score (nSPS) is 12.0. The third-order valence-electron chi connectivity index (χ3n) is 18.0. The van der Waals surface area contributed by atoms with Crippen LogP contribution in [-0.4, -0.2) is 202 Å². The summed E-state index contributed by atoms with van der Waals surface area (Å²) in [6.45, 7) is 17.5. The van der Waals surface area contributed by atoms with Gasteiger partial charge in [-0.05, 0) is 34.6 Å². The average Bonchev–Trinajstić information content (AvgIpc) is 1.66. The van der Waals surface area contributed by atoms with Crippen molar-refractivity contribution in [1.29, 1.82) is 0 Å². The number of fused-ring (bicyclic) bond motifs is 3. The molecule has 0 saturated carbocycles. The molecule has 6 aromatic heterocycles. The molecule has 0 aliphatic heterocycles. The van der Waals surface area contributed by atoms with E-state index in [-0.39, 0.29) is 203 Å². The number of ether oxygens (including phenoxy) is 3. The summed E-state index contributed by atoms with van der Waals surface area (Å²) >= 11 is 6.22. The Hall–Kier alpha value is -10.3. The molecule has 6 heterocycles. The molecular weight excluding hydrogens is 1850 g/mol. The van der Waals surface area contributed by atoms with Crippen LogP contribution in [0.15, 0.2) is 179 Å². The third kappa shape index (κ3) is 32.3. The van der Waals surface area contributed by atoms with Crippen molar-refractivity contribution in [2.75, 3.05) is 130 Å². The molecule has 130 heavy (non-hydrogen) atoms. The Morgan fingerprint density at radius 3 is 0.738 bits per heavy atom. The quantitative estimate of drug-likeness (QED) is 0.0117. The SMILES string of the molecule is Cc1ccc(C(=O)SCCOP(=O)(COCCn2cnc3c(=O)[nH]c(N)nc32)OCCSC(=O)c2ccc(C)cc2)cc1.Cc1ccc(C(=O)SCCOP(=O)(COCCn2cnc3c(=O)[nH]c(N)nc32)OCCSC(=O)c2ccc(C)cc2)cc1.[C-]#[N+]c1ccc(C(=O)SCCOP(=O)(COCCn2cnc3c(=O)[nH]c(N)nc32)OCCSC(=O)c2ccc(C)cc2)cc1. The lowest BCUT2D eigenvalue weighted by molar-refractivity contribution is 0.107. The van der Waals surface area contributed by atoms with Gasteiger partial charge in [-0.2, -0.15) is 15.0 Å². The molecule has 0 aliphatic carbocycles. The van der Waals surface area contributed by atoms with Gasteiger partial charge < -0.3 is 72.3 Å². The maximum absolute atomic E-state index is 13.5. The Bertz CT molecular complexity index is 5880. The molecule has 0 amide bonds. The second kappa shape index (κ2) is 50.9. The Kier molecular flexibility index (Phi) is 39.9. The van der Waals surface area contributed by atoms with Crippen molar-refractivity contribution in [3.63, 3.8) is 0 Å². The zero-order valence-electron chi connectivity index (χ0n) is 71.0. The average molecular weight is 1950 g/mol. The number of nitrogen functional groups attached to an aromatic ring is 3. The lowest BCUT2D eigenvalue weighted by Crippen LogP contribution is -2.14. The Morgan fingerprint density at radius 1 is 0.338 bits per heavy atom. The minimum Gasteiger partial charge on any atom is -0.369 e. The van der Waals surface area contributed by atoms with Crippen LogP contribution in [0.4, 0.5) is 23.5 Å². The van der Waals surface area contributed by atoms with E-state index in [1.54, 1.807) is 98.6 Å². The van der Waals surface area contributed by atoms with Crippen LogP contribution in [0.5, 0.6) is 0 Å². The number of thioether (sulfide) groups is 6. The Labute approximate surface area is 770 Å². The van der Waals surface area contributed by atoms with Crippen LogP contribution in [0, 0.1) is 41.2 Å². The summed E-state index contributed by atoms with van der Waals surface area (Å²) in [7, 11) is -11.3. The van der Waals surface area contributed by atoms with E-state index in [0.29, 0.717) is 50.4 Å². The Morgan fingerprint density at radius 2 is 0.538 bits per heavy atom. The van der Waals surface area contributed by atoms with Gasteiger partial charge in [-0.1, -0.05) is 244 Å². The molecule has 0 spiro atoms. The second-order valence-corrected chi connectivity index (χ2v) is 40.3.